The lowest BCUT2D eigenvalue weighted by Gasteiger charge is -2.16. The average Bonchev–Trinajstić information content (AvgIpc) is 4.01. The van der Waals surface area contributed by atoms with Crippen molar-refractivity contribution in [3.63, 3.8) is 0 Å². The van der Waals surface area contributed by atoms with E-state index in [9.17, 15) is 0 Å². The largest absolute Gasteiger partial charge is 0.456 e. The predicted molar refractivity (Wildman–Crippen MR) is 287 cm³/mol. The third-order valence-electron chi connectivity index (χ3n) is 13.7. The summed E-state index contributed by atoms with van der Waals surface area (Å²) in [5.41, 5.74) is 17.5. The van der Waals surface area contributed by atoms with E-state index >= 15 is 0 Å². The Morgan fingerprint density at radius 3 is 1.66 bits per heavy atom. The summed E-state index contributed by atoms with van der Waals surface area (Å²) in [7, 11) is 0. The summed E-state index contributed by atoms with van der Waals surface area (Å²) in [4.78, 5) is 15.9. The van der Waals surface area contributed by atoms with Crippen LogP contribution in [-0.4, -0.2) is 15.0 Å². The molecule has 0 atom stereocenters. The number of hydrogen-bond donors (Lipinski definition) is 0. The van der Waals surface area contributed by atoms with E-state index in [1.807, 2.05) is 36.4 Å². The first-order valence-electron chi connectivity index (χ1n) is 23.6. The first-order chi connectivity index (χ1) is 34.7. The van der Waals surface area contributed by atoms with Crippen LogP contribution in [0.15, 0.2) is 245 Å². The summed E-state index contributed by atoms with van der Waals surface area (Å²) in [6, 6.07) is 82.5. The van der Waals surface area contributed by atoms with Gasteiger partial charge in [-0.3, -0.25) is 0 Å². The Morgan fingerprint density at radius 1 is 0.286 bits per heavy atom. The minimum atomic E-state index is 0.648. The first kappa shape index (κ1) is 39.7. The molecule has 5 nitrogen and oxygen atoms in total. The van der Waals surface area contributed by atoms with E-state index in [0.29, 0.717) is 5.82 Å². The van der Waals surface area contributed by atoms with Gasteiger partial charge in [-0.15, -0.1) is 0 Å². The number of rotatable bonds is 7. The van der Waals surface area contributed by atoms with Crippen LogP contribution in [0.4, 0.5) is 0 Å². The Bertz CT molecular complexity index is 4340. The highest BCUT2D eigenvalue weighted by Gasteiger charge is 2.22. The molecule has 0 fully saturated rings. The molecule has 5 heteroatoms. The minimum absolute atomic E-state index is 0.648. The topological polar surface area (TPSA) is 65.0 Å². The summed E-state index contributed by atoms with van der Waals surface area (Å²) in [6.45, 7) is 0. The standard InChI is InChI=1S/C65H39N3O2/c1-3-16-41(17-4-1)55-39-56(68-65(67-55)47-23-14-21-45(37-47)48-27-15-28-50-49-24-8-11-30-57(49)70-64(48)50)46-22-13-20-44(36-46)40-32-34-43(35-33-40)63-53-38-59-62(52-26-9-12-31-58(52)69-59)60(42-18-5-2-6-19-42)61(53)51-25-7-10-29-54(51)66-63/h1-39H. The highest BCUT2D eigenvalue weighted by Crippen LogP contribution is 2.46. The molecule has 0 radical (unpaired) electrons. The van der Waals surface area contributed by atoms with Gasteiger partial charge in [-0.2, -0.15) is 0 Å². The summed E-state index contributed by atoms with van der Waals surface area (Å²) in [5.74, 6) is 0.648. The SMILES string of the molecule is c1ccc(-c2cc(-c3cccc(-c4ccc(-c5nc6ccccc6c6c(-c7ccccc7)c7c(cc56)oc5ccccc57)cc4)c3)nc(-c3cccc(-c4cccc5c4oc4ccccc45)c3)n2)cc1. The van der Waals surface area contributed by atoms with Gasteiger partial charge < -0.3 is 8.83 Å². The normalized spacial score (nSPS) is 11.7. The summed E-state index contributed by atoms with van der Waals surface area (Å²) < 4.78 is 13.1. The van der Waals surface area contributed by atoms with Crippen LogP contribution in [0.5, 0.6) is 0 Å². The third-order valence-corrected chi connectivity index (χ3v) is 13.7. The van der Waals surface area contributed by atoms with Gasteiger partial charge in [-0.1, -0.05) is 194 Å². The molecule has 0 unspecified atom stereocenters. The number of para-hydroxylation sites is 4. The van der Waals surface area contributed by atoms with Gasteiger partial charge in [0.25, 0.3) is 0 Å². The Morgan fingerprint density at radius 2 is 0.857 bits per heavy atom. The van der Waals surface area contributed by atoms with Gasteiger partial charge in [0.2, 0.25) is 0 Å². The molecule has 10 aromatic carbocycles. The molecule has 0 saturated carbocycles. The highest BCUT2D eigenvalue weighted by molar-refractivity contribution is 6.27. The molecule has 0 N–H and O–H groups in total. The van der Waals surface area contributed by atoms with Crippen molar-refractivity contribution in [1.82, 2.24) is 15.0 Å². The van der Waals surface area contributed by atoms with Gasteiger partial charge in [0.1, 0.15) is 22.3 Å². The second-order valence-electron chi connectivity index (χ2n) is 17.8. The summed E-state index contributed by atoms with van der Waals surface area (Å²) in [6.07, 6.45) is 0. The number of aromatic nitrogens is 3. The van der Waals surface area contributed by atoms with E-state index in [0.717, 1.165) is 138 Å². The van der Waals surface area contributed by atoms with Crippen molar-refractivity contribution in [3.8, 4) is 78.5 Å². The van der Waals surface area contributed by atoms with E-state index in [-0.39, 0.29) is 0 Å². The molecule has 4 aromatic heterocycles. The fourth-order valence-corrected chi connectivity index (χ4v) is 10.4. The van der Waals surface area contributed by atoms with Crippen LogP contribution in [0, 0.1) is 0 Å². The fraction of sp³-hybridized carbons (Fsp3) is 0. The lowest BCUT2D eigenvalue weighted by molar-refractivity contribution is 0.669. The zero-order valence-electron chi connectivity index (χ0n) is 37.7. The van der Waals surface area contributed by atoms with Gasteiger partial charge in [0.15, 0.2) is 5.82 Å². The van der Waals surface area contributed by atoms with Gasteiger partial charge in [0, 0.05) is 71.1 Å². The van der Waals surface area contributed by atoms with Crippen LogP contribution in [0.1, 0.15) is 0 Å². The molecule has 14 rings (SSSR count). The lowest BCUT2D eigenvalue weighted by atomic mass is 9.89. The minimum Gasteiger partial charge on any atom is -0.456 e. The average molecular weight is 894 g/mol. The van der Waals surface area contributed by atoms with E-state index < -0.39 is 0 Å². The van der Waals surface area contributed by atoms with Crippen molar-refractivity contribution >= 4 is 65.6 Å². The van der Waals surface area contributed by atoms with Crippen molar-refractivity contribution in [2.45, 2.75) is 0 Å². The van der Waals surface area contributed by atoms with Crippen LogP contribution < -0.4 is 0 Å². The van der Waals surface area contributed by atoms with E-state index in [4.69, 9.17) is 23.8 Å². The second-order valence-corrected chi connectivity index (χ2v) is 17.8. The number of hydrogen-bond acceptors (Lipinski definition) is 5. The van der Waals surface area contributed by atoms with Crippen LogP contribution in [0.25, 0.3) is 144 Å². The monoisotopic (exact) mass is 893 g/mol. The lowest BCUT2D eigenvalue weighted by Crippen LogP contribution is -1.96. The van der Waals surface area contributed by atoms with Gasteiger partial charge >= 0.3 is 0 Å². The highest BCUT2D eigenvalue weighted by atomic mass is 16.3. The number of benzene rings is 10. The molecule has 0 bridgehead atoms. The zero-order chi connectivity index (χ0) is 46.1. The molecule has 0 aliphatic rings. The summed E-state index contributed by atoms with van der Waals surface area (Å²) in [5, 5.41) is 7.74. The maximum absolute atomic E-state index is 6.62. The van der Waals surface area contributed by atoms with Crippen LogP contribution in [-0.2, 0) is 0 Å². The molecule has 0 aliphatic carbocycles. The first-order valence-corrected chi connectivity index (χ1v) is 23.6. The zero-order valence-corrected chi connectivity index (χ0v) is 37.7. The van der Waals surface area contributed by atoms with Crippen molar-refractivity contribution in [2.75, 3.05) is 0 Å². The third kappa shape index (κ3) is 6.59. The van der Waals surface area contributed by atoms with Crippen molar-refractivity contribution < 1.29 is 8.83 Å². The molecule has 0 aliphatic heterocycles. The molecule has 70 heavy (non-hydrogen) atoms. The molecule has 0 amide bonds. The molecule has 14 aromatic rings. The number of pyridine rings is 1. The molecule has 326 valence electrons. The summed E-state index contributed by atoms with van der Waals surface area (Å²) >= 11 is 0. The molecular formula is C65H39N3O2. The van der Waals surface area contributed by atoms with Crippen molar-refractivity contribution in [3.05, 3.63) is 237 Å². The van der Waals surface area contributed by atoms with Crippen molar-refractivity contribution in [2.24, 2.45) is 0 Å². The van der Waals surface area contributed by atoms with Gasteiger partial charge in [0.05, 0.1) is 22.6 Å². The van der Waals surface area contributed by atoms with Crippen LogP contribution in [0.2, 0.25) is 0 Å². The Hall–Kier alpha value is -9.45. The van der Waals surface area contributed by atoms with Gasteiger partial charge in [-0.25, -0.2) is 15.0 Å². The van der Waals surface area contributed by atoms with E-state index in [2.05, 4.69) is 200 Å². The fourth-order valence-electron chi connectivity index (χ4n) is 10.4. The van der Waals surface area contributed by atoms with E-state index in [1.54, 1.807) is 0 Å². The quantitative estimate of drug-likeness (QED) is 0.149. The molecule has 0 spiro atoms. The van der Waals surface area contributed by atoms with Crippen LogP contribution in [0.3, 0.4) is 0 Å². The Kier molecular flexibility index (Phi) is 9.14. The molecule has 4 heterocycles. The van der Waals surface area contributed by atoms with E-state index in [1.165, 1.54) is 0 Å². The second kappa shape index (κ2) is 16.1. The van der Waals surface area contributed by atoms with Gasteiger partial charge in [-0.05, 0) is 64.7 Å². The Balaban J connectivity index is 0.872. The Labute approximate surface area is 402 Å². The number of nitrogens with zero attached hydrogens (tertiary/aromatic N) is 3. The smallest absolute Gasteiger partial charge is 0.160 e. The number of furan rings is 2. The van der Waals surface area contributed by atoms with Crippen molar-refractivity contribution in [1.29, 1.82) is 0 Å². The maximum atomic E-state index is 6.62. The molecular weight excluding hydrogens is 855 g/mol. The number of fused-ring (bicyclic) bond motifs is 9. The molecule has 0 saturated heterocycles. The van der Waals surface area contributed by atoms with Crippen LogP contribution >= 0.6 is 0 Å². The predicted octanol–water partition coefficient (Wildman–Crippen LogP) is 17.6. The maximum Gasteiger partial charge on any atom is 0.160 e.